The highest BCUT2D eigenvalue weighted by Crippen LogP contribution is 2.44. The molecule has 0 saturated heterocycles. The van der Waals surface area contributed by atoms with Crippen LogP contribution < -0.4 is 0 Å². The molecule has 2 rings (SSSR count). The van der Waals surface area contributed by atoms with Crippen LogP contribution >= 0.6 is 0 Å². The van der Waals surface area contributed by atoms with E-state index in [1.807, 2.05) is 39.0 Å². The largest absolute Gasteiger partial charge is 0.392 e. The van der Waals surface area contributed by atoms with Crippen molar-refractivity contribution in [3.8, 4) is 0 Å². The van der Waals surface area contributed by atoms with Gasteiger partial charge in [-0.05, 0) is 70.3 Å². The van der Waals surface area contributed by atoms with E-state index in [4.69, 9.17) is 5.11 Å². The maximum atomic E-state index is 9.48. The first-order valence-corrected chi connectivity index (χ1v) is 9.76. The van der Waals surface area contributed by atoms with Gasteiger partial charge in [-0.3, -0.25) is 0 Å². The Morgan fingerprint density at radius 1 is 1.23 bits per heavy atom. The van der Waals surface area contributed by atoms with Crippen LogP contribution in [0.5, 0.6) is 0 Å². The Morgan fingerprint density at radius 3 is 2.31 bits per heavy atom. The number of aliphatic hydroxyl groups is 2. The van der Waals surface area contributed by atoms with Crippen molar-refractivity contribution < 1.29 is 10.2 Å². The Bertz CT molecular complexity index is 588. The van der Waals surface area contributed by atoms with Crippen molar-refractivity contribution in [2.45, 2.75) is 72.8 Å². The molecule has 1 unspecified atom stereocenters. The summed E-state index contributed by atoms with van der Waals surface area (Å²) in [6.45, 7) is 12.7. The molecule has 1 aromatic carbocycles. The van der Waals surface area contributed by atoms with Gasteiger partial charge in [-0.25, -0.2) is 0 Å². The van der Waals surface area contributed by atoms with E-state index in [-0.39, 0.29) is 6.61 Å². The summed E-state index contributed by atoms with van der Waals surface area (Å²) in [7, 11) is 0. The Kier molecular flexibility index (Phi) is 8.79. The molecule has 1 aliphatic rings. The van der Waals surface area contributed by atoms with Crippen LogP contribution in [0.3, 0.4) is 0 Å². The minimum Gasteiger partial charge on any atom is -0.392 e. The zero-order valence-electron chi connectivity index (χ0n) is 17.5. The van der Waals surface area contributed by atoms with Crippen LogP contribution in [-0.2, 0) is 6.42 Å². The second kappa shape index (κ2) is 10.1. The highest BCUT2D eigenvalue weighted by Gasteiger charge is 2.33. The summed E-state index contributed by atoms with van der Waals surface area (Å²) >= 11 is 0. The van der Waals surface area contributed by atoms with Gasteiger partial charge in [0, 0.05) is 0 Å². The molecule has 0 radical (unpaired) electrons. The number of aryl methyl sites for hydroxylation is 1. The Labute approximate surface area is 160 Å². The van der Waals surface area contributed by atoms with Gasteiger partial charge in [-0.1, -0.05) is 67.5 Å². The topological polar surface area (TPSA) is 40.5 Å². The van der Waals surface area contributed by atoms with Crippen molar-refractivity contribution in [1.29, 1.82) is 0 Å². The number of benzene rings is 1. The van der Waals surface area contributed by atoms with E-state index in [0.29, 0.717) is 11.3 Å². The average Bonchev–Trinajstić information content (AvgIpc) is 2.85. The summed E-state index contributed by atoms with van der Waals surface area (Å²) in [6.07, 6.45) is 8.58. The molecule has 0 saturated carbocycles. The monoisotopic (exact) mass is 358 g/mol. The van der Waals surface area contributed by atoms with Gasteiger partial charge in [0.2, 0.25) is 0 Å². The van der Waals surface area contributed by atoms with Crippen LogP contribution in [0.15, 0.2) is 53.6 Å². The molecule has 1 atom stereocenters. The second-order valence-corrected chi connectivity index (χ2v) is 8.78. The molecule has 2 nitrogen and oxygen atoms in total. The lowest BCUT2D eigenvalue weighted by Crippen LogP contribution is -2.19. The van der Waals surface area contributed by atoms with E-state index in [2.05, 4.69) is 45.1 Å². The molecule has 0 aromatic heterocycles. The van der Waals surface area contributed by atoms with Crippen molar-refractivity contribution in [1.82, 2.24) is 0 Å². The fourth-order valence-corrected chi connectivity index (χ4v) is 3.09. The fourth-order valence-electron chi connectivity index (χ4n) is 3.09. The lowest BCUT2D eigenvalue weighted by molar-refractivity contribution is 0.0714. The van der Waals surface area contributed by atoms with Crippen molar-refractivity contribution in [3.05, 3.63) is 59.2 Å². The number of allylic oxidation sites excluding steroid dienone is 3. The molecule has 0 spiro atoms. The second-order valence-electron chi connectivity index (χ2n) is 8.78. The molecule has 0 fully saturated rings. The van der Waals surface area contributed by atoms with Gasteiger partial charge in [-0.2, -0.15) is 0 Å². The van der Waals surface area contributed by atoms with Crippen LogP contribution in [0.25, 0.3) is 0 Å². The summed E-state index contributed by atoms with van der Waals surface area (Å²) in [4.78, 5) is 0. The zero-order chi connectivity index (χ0) is 19.8. The van der Waals surface area contributed by atoms with Crippen molar-refractivity contribution in [3.63, 3.8) is 0 Å². The van der Waals surface area contributed by atoms with E-state index in [9.17, 15) is 5.11 Å². The normalized spacial score (nSPS) is 19.6. The first-order valence-electron chi connectivity index (χ1n) is 9.76. The van der Waals surface area contributed by atoms with Crippen molar-refractivity contribution >= 4 is 0 Å². The van der Waals surface area contributed by atoms with Gasteiger partial charge < -0.3 is 10.2 Å². The van der Waals surface area contributed by atoms with Gasteiger partial charge in [-0.15, -0.1) is 0 Å². The third kappa shape index (κ3) is 7.88. The molecular weight excluding hydrogens is 320 g/mol. The molecular formula is C24H38O2. The van der Waals surface area contributed by atoms with E-state index in [1.54, 1.807) is 0 Å². The van der Waals surface area contributed by atoms with Crippen LogP contribution in [0.1, 0.15) is 66.4 Å². The summed E-state index contributed by atoms with van der Waals surface area (Å²) < 4.78 is 0. The average molecular weight is 359 g/mol. The number of aliphatic hydroxyl groups excluding tert-OH is 1. The molecule has 0 heterocycles. The Morgan fingerprint density at radius 2 is 1.85 bits per heavy atom. The molecule has 146 valence electrons. The molecule has 0 amide bonds. The summed E-state index contributed by atoms with van der Waals surface area (Å²) in [5.41, 5.74) is 3.68. The van der Waals surface area contributed by atoms with Gasteiger partial charge in [0.25, 0.3) is 0 Å². The predicted octanol–water partition coefficient (Wildman–Crippen LogP) is 5.70. The SMILES string of the molecule is CC(=CCC1CC=C(C)C1(C)C)CO.CC(C)(O)CCc1ccccc1. The lowest BCUT2D eigenvalue weighted by Gasteiger charge is -2.29. The zero-order valence-corrected chi connectivity index (χ0v) is 17.5. The number of hydrogen-bond donors (Lipinski definition) is 2. The smallest absolute Gasteiger partial charge is 0.0639 e. The van der Waals surface area contributed by atoms with Crippen LogP contribution in [0.4, 0.5) is 0 Å². The van der Waals surface area contributed by atoms with E-state index < -0.39 is 5.60 Å². The quantitative estimate of drug-likeness (QED) is 0.641. The standard InChI is InChI=1S/C13H22O.C11H16O/c1-10(9-14)5-7-12-8-6-11(2)13(12,3)4;1-11(2,12)9-8-10-6-4-3-5-7-10/h5-6,12,14H,7-9H2,1-4H3;3-7,12H,8-9H2,1-2H3. The van der Waals surface area contributed by atoms with Crippen LogP contribution in [0.2, 0.25) is 0 Å². The first-order chi connectivity index (χ1) is 12.1. The molecule has 2 N–H and O–H groups in total. The summed E-state index contributed by atoms with van der Waals surface area (Å²) in [6, 6.07) is 10.2. The number of rotatable bonds is 6. The maximum Gasteiger partial charge on any atom is 0.0639 e. The fraction of sp³-hybridized carbons (Fsp3) is 0.583. The van der Waals surface area contributed by atoms with Gasteiger partial charge in [0.05, 0.1) is 12.2 Å². The molecule has 26 heavy (non-hydrogen) atoms. The van der Waals surface area contributed by atoms with Gasteiger partial charge in [0.1, 0.15) is 0 Å². The molecule has 0 aliphatic heterocycles. The first kappa shape index (κ1) is 22.7. The molecule has 2 heteroatoms. The molecule has 1 aromatic rings. The third-order valence-electron chi connectivity index (χ3n) is 5.61. The molecule has 0 bridgehead atoms. The predicted molar refractivity (Wildman–Crippen MR) is 112 cm³/mol. The Hall–Kier alpha value is -1.38. The summed E-state index contributed by atoms with van der Waals surface area (Å²) in [5.74, 6) is 0.712. The molecule has 1 aliphatic carbocycles. The van der Waals surface area contributed by atoms with Gasteiger partial charge >= 0.3 is 0 Å². The van der Waals surface area contributed by atoms with E-state index >= 15 is 0 Å². The highest BCUT2D eigenvalue weighted by atomic mass is 16.3. The maximum absolute atomic E-state index is 9.48. The minimum atomic E-state index is -0.546. The van der Waals surface area contributed by atoms with E-state index in [1.165, 1.54) is 17.6 Å². The Balaban J connectivity index is 0.000000263. The van der Waals surface area contributed by atoms with Crippen LogP contribution in [0, 0.1) is 11.3 Å². The lowest BCUT2D eigenvalue weighted by atomic mass is 9.76. The van der Waals surface area contributed by atoms with Crippen LogP contribution in [-0.4, -0.2) is 22.4 Å². The summed E-state index contributed by atoms with van der Waals surface area (Å²) in [5, 5.41) is 18.4. The van der Waals surface area contributed by atoms with Crippen molar-refractivity contribution in [2.75, 3.05) is 6.61 Å². The van der Waals surface area contributed by atoms with E-state index in [0.717, 1.165) is 24.8 Å². The number of hydrogen-bond acceptors (Lipinski definition) is 2. The van der Waals surface area contributed by atoms with Gasteiger partial charge in [0.15, 0.2) is 0 Å². The minimum absolute atomic E-state index is 0.194. The highest BCUT2D eigenvalue weighted by molar-refractivity contribution is 5.19. The third-order valence-corrected chi connectivity index (χ3v) is 5.61. The van der Waals surface area contributed by atoms with Crippen molar-refractivity contribution in [2.24, 2.45) is 11.3 Å².